The average molecular weight is 451 g/mol. The maximum Gasteiger partial charge on any atom is 0.266 e. The molecule has 0 spiro atoms. The summed E-state index contributed by atoms with van der Waals surface area (Å²) in [6.07, 6.45) is -0.233. The molecule has 1 fully saturated rings. The van der Waals surface area contributed by atoms with Crippen LogP contribution < -0.4 is 4.90 Å². The number of rotatable bonds is 5. The van der Waals surface area contributed by atoms with E-state index in [0.29, 0.717) is 22.8 Å². The second-order valence-corrected chi connectivity index (χ2v) is 9.73. The molecule has 11 heteroatoms. The van der Waals surface area contributed by atoms with Crippen molar-refractivity contribution in [1.29, 1.82) is 0 Å². The molecule has 0 aliphatic carbocycles. The number of alkyl halides is 2. The summed E-state index contributed by atoms with van der Waals surface area (Å²) in [6.45, 7) is 5.91. The Bertz CT molecular complexity index is 1140. The van der Waals surface area contributed by atoms with Crippen molar-refractivity contribution >= 4 is 28.1 Å². The lowest BCUT2D eigenvalue weighted by Gasteiger charge is -2.22. The van der Waals surface area contributed by atoms with Gasteiger partial charge in [0.05, 0.1) is 18.8 Å². The van der Waals surface area contributed by atoms with Crippen LogP contribution in [0.4, 0.5) is 14.6 Å². The smallest absolute Gasteiger partial charge is 0.266 e. The maximum absolute atomic E-state index is 13.9. The Balaban J connectivity index is 1.80. The van der Waals surface area contributed by atoms with Gasteiger partial charge in [0.15, 0.2) is 28.1 Å². The molecule has 0 amide bonds. The normalized spacial score (nSPS) is 17.4. The van der Waals surface area contributed by atoms with E-state index in [2.05, 4.69) is 20.3 Å². The molecule has 166 valence electrons. The monoisotopic (exact) mass is 450 g/mol. The number of hydrogen-bond acceptors (Lipinski definition) is 6. The fourth-order valence-electron chi connectivity index (χ4n) is 3.57. The van der Waals surface area contributed by atoms with Crippen LogP contribution in [0.2, 0.25) is 0 Å². The summed E-state index contributed by atoms with van der Waals surface area (Å²) < 4.78 is 50.0. The molecule has 1 unspecified atom stereocenters. The topological polar surface area (TPSA) is 97.0 Å². The highest BCUT2D eigenvalue weighted by Crippen LogP contribution is 2.34. The molecule has 8 nitrogen and oxygen atoms in total. The van der Waals surface area contributed by atoms with E-state index in [4.69, 9.17) is 0 Å². The van der Waals surface area contributed by atoms with Gasteiger partial charge in [0.2, 0.25) is 0 Å². The lowest BCUT2D eigenvalue weighted by molar-refractivity contribution is 0.0257. The Morgan fingerprint density at radius 1 is 1.19 bits per heavy atom. The molecule has 3 aromatic rings. The van der Waals surface area contributed by atoms with Crippen LogP contribution >= 0.6 is 0 Å². The van der Waals surface area contributed by atoms with Crippen LogP contribution in [0.3, 0.4) is 0 Å². The molecule has 3 heterocycles. The molecule has 31 heavy (non-hydrogen) atoms. The van der Waals surface area contributed by atoms with Crippen LogP contribution in [-0.4, -0.2) is 52.7 Å². The third kappa shape index (κ3) is 4.57. The maximum atomic E-state index is 13.9. The Labute approximate surface area is 181 Å². The minimum Gasteiger partial charge on any atom is -0.348 e. The molecule has 1 atom stereocenters. The Morgan fingerprint density at radius 2 is 1.90 bits per heavy atom. The van der Waals surface area contributed by atoms with E-state index < -0.39 is 29.0 Å². The molecular formula is C20H24F2N6O2S. The summed E-state index contributed by atoms with van der Waals surface area (Å²) in [7, 11) is 0. The van der Waals surface area contributed by atoms with E-state index in [9.17, 15) is 17.5 Å². The lowest BCUT2D eigenvalue weighted by Crippen LogP contribution is -2.27. The Hall–Kier alpha value is -2.53. The van der Waals surface area contributed by atoms with E-state index in [-0.39, 0.29) is 25.3 Å². The van der Waals surface area contributed by atoms with Crippen LogP contribution in [0.25, 0.3) is 11.2 Å². The molecule has 0 radical (unpaired) electrons. The van der Waals surface area contributed by atoms with Crippen molar-refractivity contribution in [3.8, 4) is 0 Å². The fraction of sp³-hybridized carbons (Fsp3) is 0.500. The summed E-state index contributed by atoms with van der Waals surface area (Å²) >= 11 is -1.98. The summed E-state index contributed by atoms with van der Waals surface area (Å²) in [5, 5.41) is 8.43. The van der Waals surface area contributed by atoms with Gasteiger partial charge in [-0.25, -0.2) is 27.6 Å². The van der Waals surface area contributed by atoms with Crippen LogP contribution in [0.15, 0.2) is 24.3 Å². The van der Waals surface area contributed by atoms with Gasteiger partial charge in [-0.2, -0.15) is 0 Å². The van der Waals surface area contributed by atoms with Crippen LogP contribution in [0, 0.1) is 0 Å². The zero-order valence-electron chi connectivity index (χ0n) is 17.5. The predicted molar refractivity (Wildman–Crippen MR) is 114 cm³/mol. The first-order chi connectivity index (χ1) is 14.5. The van der Waals surface area contributed by atoms with Gasteiger partial charge in [-0.05, 0) is 11.1 Å². The van der Waals surface area contributed by atoms with Crippen molar-refractivity contribution in [2.45, 2.75) is 50.8 Å². The van der Waals surface area contributed by atoms with E-state index in [1.54, 1.807) is 21.7 Å². The van der Waals surface area contributed by atoms with Gasteiger partial charge in [0.1, 0.15) is 5.82 Å². The zero-order chi connectivity index (χ0) is 22.4. The quantitative estimate of drug-likeness (QED) is 0.597. The first kappa shape index (κ1) is 21.7. The lowest BCUT2D eigenvalue weighted by atomic mass is 9.96. The third-order valence-electron chi connectivity index (χ3n) is 5.20. The average Bonchev–Trinajstić information content (AvgIpc) is 3.24. The van der Waals surface area contributed by atoms with Gasteiger partial charge in [0, 0.05) is 18.4 Å². The molecular weight excluding hydrogens is 426 g/mol. The number of aromatic nitrogens is 5. The summed E-state index contributed by atoms with van der Waals surface area (Å²) in [5.74, 6) is -1.89. The highest BCUT2D eigenvalue weighted by molar-refractivity contribution is 7.78. The zero-order valence-corrected chi connectivity index (χ0v) is 18.4. The third-order valence-corrected chi connectivity index (χ3v) is 5.76. The van der Waals surface area contributed by atoms with Crippen molar-refractivity contribution in [3.63, 3.8) is 0 Å². The van der Waals surface area contributed by atoms with E-state index in [1.807, 2.05) is 32.9 Å². The molecule has 1 N–H and O–H groups in total. The minimum absolute atomic E-state index is 0.000854. The molecule has 0 bridgehead atoms. The standard InChI is InChI=1S/C20H24F2N6O2S/c1-19(2,3)18-23-16(27-9-8-20(21,22)12-27)15-17(24-18)28(26-25-15)10-13-6-4-5-7-14(13)11-31(29)30/h4-7H,8-12H2,1-3H3,(H,29,30). The van der Waals surface area contributed by atoms with Crippen LogP contribution in [0.1, 0.15) is 44.1 Å². The predicted octanol–water partition coefficient (Wildman–Crippen LogP) is 3.13. The second kappa shape index (κ2) is 7.86. The number of nitrogens with zero attached hydrogens (tertiary/aromatic N) is 6. The van der Waals surface area contributed by atoms with E-state index >= 15 is 0 Å². The number of fused-ring (bicyclic) bond motifs is 1. The highest BCUT2D eigenvalue weighted by Gasteiger charge is 2.40. The molecule has 0 saturated carbocycles. The van der Waals surface area contributed by atoms with Gasteiger partial charge in [0.25, 0.3) is 5.92 Å². The van der Waals surface area contributed by atoms with Gasteiger partial charge >= 0.3 is 0 Å². The molecule has 1 aliphatic rings. The SMILES string of the molecule is CC(C)(C)c1nc(N2CCC(F)(F)C2)c2nnn(Cc3ccccc3CS(=O)O)c2n1. The second-order valence-electron chi connectivity index (χ2n) is 8.80. The van der Waals surface area contributed by atoms with Gasteiger partial charge in [-0.1, -0.05) is 50.3 Å². The number of benzene rings is 1. The number of hydrogen-bond donors (Lipinski definition) is 1. The first-order valence-electron chi connectivity index (χ1n) is 9.92. The van der Waals surface area contributed by atoms with Gasteiger partial charge in [-0.15, -0.1) is 5.10 Å². The summed E-state index contributed by atoms with van der Waals surface area (Å²) in [4.78, 5) is 10.8. The van der Waals surface area contributed by atoms with Crippen molar-refractivity contribution in [2.24, 2.45) is 0 Å². The van der Waals surface area contributed by atoms with Crippen LogP contribution in [0.5, 0.6) is 0 Å². The molecule has 1 aliphatic heterocycles. The molecule has 4 rings (SSSR count). The first-order valence-corrected chi connectivity index (χ1v) is 11.2. The van der Waals surface area contributed by atoms with E-state index in [1.165, 1.54) is 0 Å². The van der Waals surface area contributed by atoms with E-state index in [0.717, 1.165) is 11.1 Å². The number of halogens is 2. The molecule has 1 aromatic carbocycles. The highest BCUT2D eigenvalue weighted by atomic mass is 32.2. The fourth-order valence-corrected chi connectivity index (χ4v) is 4.12. The Kier molecular flexibility index (Phi) is 5.50. The van der Waals surface area contributed by atoms with Gasteiger partial charge < -0.3 is 9.45 Å². The van der Waals surface area contributed by atoms with Crippen LogP contribution in [-0.2, 0) is 28.8 Å². The minimum atomic E-state index is -2.77. The van der Waals surface area contributed by atoms with Gasteiger partial charge in [-0.3, -0.25) is 0 Å². The molecule has 1 saturated heterocycles. The summed E-state index contributed by atoms with van der Waals surface area (Å²) in [5.41, 5.74) is 1.93. The van der Waals surface area contributed by atoms with Crippen molar-refractivity contribution in [1.82, 2.24) is 25.0 Å². The number of anilines is 1. The largest absolute Gasteiger partial charge is 0.348 e. The Morgan fingerprint density at radius 3 is 2.52 bits per heavy atom. The van der Waals surface area contributed by atoms with Crippen molar-refractivity contribution in [2.75, 3.05) is 18.0 Å². The summed E-state index contributed by atoms with van der Waals surface area (Å²) in [6, 6.07) is 7.28. The van der Waals surface area contributed by atoms with Crippen molar-refractivity contribution in [3.05, 3.63) is 41.2 Å². The van der Waals surface area contributed by atoms with Crippen molar-refractivity contribution < 1.29 is 17.5 Å². The molecule has 2 aromatic heterocycles.